The van der Waals surface area contributed by atoms with Crippen molar-refractivity contribution in [2.75, 3.05) is 12.4 Å². The molecule has 1 N–H and O–H groups in total. The molecule has 2 rings (SSSR count). The molecular formula is C12H10ClN3O2. The topological polar surface area (TPSA) is 64.1 Å². The number of ether oxygens (including phenoxy) is 1. The number of amides is 1. The van der Waals surface area contributed by atoms with Crippen molar-refractivity contribution in [3.05, 3.63) is 47.2 Å². The number of para-hydroxylation sites is 2. The Hall–Kier alpha value is -2.14. The molecule has 1 aromatic heterocycles. The van der Waals surface area contributed by atoms with Crippen LogP contribution in [0.3, 0.4) is 0 Å². The Balaban J connectivity index is 2.18. The molecule has 0 spiro atoms. The van der Waals surface area contributed by atoms with Crippen molar-refractivity contribution in [3.8, 4) is 5.75 Å². The second kappa shape index (κ2) is 5.46. The smallest absolute Gasteiger partial charge is 0.276 e. The molecule has 0 unspecified atom stereocenters. The lowest BCUT2D eigenvalue weighted by molar-refractivity contribution is 0.102. The Morgan fingerprint density at radius 3 is 2.67 bits per heavy atom. The van der Waals surface area contributed by atoms with E-state index in [1.54, 1.807) is 18.2 Å². The summed E-state index contributed by atoms with van der Waals surface area (Å²) in [6.45, 7) is 0. The lowest BCUT2D eigenvalue weighted by Gasteiger charge is -2.08. The Kier molecular flexibility index (Phi) is 3.74. The molecule has 0 aliphatic heterocycles. The van der Waals surface area contributed by atoms with Gasteiger partial charge < -0.3 is 10.1 Å². The Bertz CT molecular complexity index is 558. The van der Waals surface area contributed by atoms with Crippen LogP contribution < -0.4 is 10.1 Å². The number of anilines is 1. The van der Waals surface area contributed by atoms with Crippen LogP contribution >= 0.6 is 11.6 Å². The summed E-state index contributed by atoms with van der Waals surface area (Å²) in [5.41, 5.74) is 0.757. The number of carbonyl (C=O) groups excluding carboxylic acids is 1. The van der Waals surface area contributed by atoms with Crippen LogP contribution in [0.5, 0.6) is 5.75 Å². The quantitative estimate of drug-likeness (QED) is 0.923. The molecule has 92 valence electrons. The van der Waals surface area contributed by atoms with Gasteiger partial charge in [-0.05, 0) is 24.3 Å². The van der Waals surface area contributed by atoms with Gasteiger partial charge in [-0.15, -0.1) is 10.2 Å². The van der Waals surface area contributed by atoms with Crippen LogP contribution in [0.15, 0.2) is 36.4 Å². The van der Waals surface area contributed by atoms with Crippen molar-refractivity contribution < 1.29 is 9.53 Å². The van der Waals surface area contributed by atoms with E-state index in [9.17, 15) is 4.79 Å². The van der Waals surface area contributed by atoms with Gasteiger partial charge in [0.1, 0.15) is 5.75 Å². The molecule has 2 aromatic rings. The number of nitrogens with zero attached hydrogens (tertiary/aromatic N) is 2. The first-order valence-electron chi connectivity index (χ1n) is 5.14. The number of halogens is 1. The number of hydrogen-bond acceptors (Lipinski definition) is 4. The molecular weight excluding hydrogens is 254 g/mol. The monoisotopic (exact) mass is 263 g/mol. The molecule has 0 fully saturated rings. The standard InChI is InChI=1S/C12H10ClN3O2/c1-18-10-5-3-2-4-8(10)14-12(17)9-6-7-11(13)16-15-9/h2-7H,1H3,(H,14,17). The van der Waals surface area contributed by atoms with Crippen molar-refractivity contribution in [3.63, 3.8) is 0 Å². The van der Waals surface area contributed by atoms with Gasteiger partial charge in [0, 0.05) is 0 Å². The molecule has 0 bridgehead atoms. The van der Waals surface area contributed by atoms with E-state index in [2.05, 4.69) is 15.5 Å². The Morgan fingerprint density at radius 2 is 2.00 bits per heavy atom. The largest absolute Gasteiger partial charge is 0.495 e. The van der Waals surface area contributed by atoms with E-state index in [1.165, 1.54) is 19.2 Å². The molecule has 0 atom stereocenters. The van der Waals surface area contributed by atoms with Crippen LogP contribution in [0.25, 0.3) is 0 Å². The summed E-state index contributed by atoms with van der Waals surface area (Å²) in [4.78, 5) is 11.9. The number of nitrogens with one attached hydrogen (secondary N) is 1. The van der Waals surface area contributed by atoms with E-state index in [0.29, 0.717) is 11.4 Å². The predicted octanol–water partition coefficient (Wildman–Crippen LogP) is 2.39. The van der Waals surface area contributed by atoms with E-state index in [-0.39, 0.29) is 16.8 Å². The van der Waals surface area contributed by atoms with E-state index in [1.807, 2.05) is 6.07 Å². The minimum atomic E-state index is -0.372. The lowest BCUT2D eigenvalue weighted by atomic mass is 10.2. The van der Waals surface area contributed by atoms with Gasteiger partial charge in [0.25, 0.3) is 5.91 Å². The Morgan fingerprint density at radius 1 is 1.22 bits per heavy atom. The Labute approximate surface area is 109 Å². The van der Waals surface area contributed by atoms with E-state index in [4.69, 9.17) is 16.3 Å². The van der Waals surface area contributed by atoms with Crippen LogP contribution in [0.1, 0.15) is 10.5 Å². The molecule has 0 saturated carbocycles. The molecule has 18 heavy (non-hydrogen) atoms. The molecule has 0 aliphatic rings. The number of hydrogen-bond donors (Lipinski definition) is 1. The van der Waals surface area contributed by atoms with Crippen LogP contribution in [0.4, 0.5) is 5.69 Å². The summed E-state index contributed by atoms with van der Waals surface area (Å²) in [6, 6.07) is 10.1. The van der Waals surface area contributed by atoms with Gasteiger partial charge in [-0.2, -0.15) is 0 Å². The first-order valence-corrected chi connectivity index (χ1v) is 5.52. The van der Waals surface area contributed by atoms with Gasteiger partial charge >= 0.3 is 0 Å². The first kappa shape index (κ1) is 12.3. The molecule has 0 aliphatic carbocycles. The molecule has 1 heterocycles. The fourth-order valence-corrected chi connectivity index (χ4v) is 1.47. The maximum Gasteiger partial charge on any atom is 0.276 e. The SMILES string of the molecule is COc1ccccc1NC(=O)c1ccc(Cl)nn1. The average Bonchev–Trinajstić information content (AvgIpc) is 2.40. The van der Waals surface area contributed by atoms with Gasteiger partial charge in [-0.3, -0.25) is 4.79 Å². The minimum absolute atomic E-state index is 0.185. The van der Waals surface area contributed by atoms with Crippen molar-refractivity contribution in [2.24, 2.45) is 0 Å². The highest BCUT2D eigenvalue weighted by atomic mass is 35.5. The molecule has 6 heteroatoms. The van der Waals surface area contributed by atoms with E-state index < -0.39 is 0 Å². The van der Waals surface area contributed by atoms with Crippen molar-refractivity contribution in [1.82, 2.24) is 10.2 Å². The minimum Gasteiger partial charge on any atom is -0.495 e. The fraction of sp³-hybridized carbons (Fsp3) is 0.0833. The zero-order chi connectivity index (χ0) is 13.0. The predicted molar refractivity (Wildman–Crippen MR) is 68.0 cm³/mol. The summed E-state index contributed by atoms with van der Waals surface area (Å²) in [6.07, 6.45) is 0. The van der Waals surface area contributed by atoms with Crippen LogP contribution in [0.2, 0.25) is 5.15 Å². The number of rotatable bonds is 3. The zero-order valence-corrected chi connectivity index (χ0v) is 10.3. The fourth-order valence-electron chi connectivity index (χ4n) is 1.37. The number of benzene rings is 1. The summed E-state index contributed by atoms with van der Waals surface area (Å²) in [5, 5.41) is 10.2. The molecule has 0 saturated heterocycles. The second-order valence-corrected chi connectivity index (χ2v) is 3.78. The van der Waals surface area contributed by atoms with E-state index >= 15 is 0 Å². The van der Waals surface area contributed by atoms with Crippen molar-refractivity contribution in [2.45, 2.75) is 0 Å². The normalized spacial score (nSPS) is 9.89. The maximum absolute atomic E-state index is 11.9. The molecule has 1 aromatic carbocycles. The van der Waals surface area contributed by atoms with Gasteiger partial charge in [0.05, 0.1) is 12.8 Å². The number of carbonyl (C=O) groups is 1. The summed E-state index contributed by atoms with van der Waals surface area (Å²) >= 11 is 5.60. The third kappa shape index (κ3) is 2.75. The van der Waals surface area contributed by atoms with E-state index in [0.717, 1.165) is 0 Å². The third-order valence-electron chi connectivity index (χ3n) is 2.22. The van der Waals surface area contributed by atoms with Crippen LogP contribution in [-0.4, -0.2) is 23.2 Å². The second-order valence-electron chi connectivity index (χ2n) is 3.40. The molecule has 1 amide bonds. The highest BCUT2D eigenvalue weighted by Gasteiger charge is 2.10. The first-order chi connectivity index (χ1) is 8.70. The summed E-state index contributed by atoms with van der Waals surface area (Å²) < 4.78 is 5.13. The van der Waals surface area contributed by atoms with Gasteiger partial charge in [-0.1, -0.05) is 23.7 Å². The highest BCUT2D eigenvalue weighted by molar-refractivity contribution is 6.29. The third-order valence-corrected chi connectivity index (χ3v) is 2.42. The van der Waals surface area contributed by atoms with Gasteiger partial charge in [-0.25, -0.2) is 0 Å². The lowest BCUT2D eigenvalue weighted by Crippen LogP contribution is -2.14. The van der Waals surface area contributed by atoms with Gasteiger partial charge in [0.2, 0.25) is 0 Å². The molecule has 5 nitrogen and oxygen atoms in total. The summed E-state index contributed by atoms with van der Waals surface area (Å²) in [5.74, 6) is 0.205. The van der Waals surface area contributed by atoms with Crippen LogP contribution in [0, 0.1) is 0 Å². The summed E-state index contributed by atoms with van der Waals surface area (Å²) in [7, 11) is 1.53. The van der Waals surface area contributed by atoms with Gasteiger partial charge in [0.15, 0.2) is 10.8 Å². The van der Waals surface area contributed by atoms with Crippen molar-refractivity contribution in [1.29, 1.82) is 0 Å². The average molecular weight is 264 g/mol. The number of methoxy groups -OCH3 is 1. The molecule has 0 radical (unpaired) electrons. The highest BCUT2D eigenvalue weighted by Crippen LogP contribution is 2.23. The van der Waals surface area contributed by atoms with Crippen LogP contribution in [-0.2, 0) is 0 Å². The number of aromatic nitrogens is 2. The maximum atomic E-state index is 11.9. The van der Waals surface area contributed by atoms with Crippen molar-refractivity contribution >= 4 is 23.2 Å². The zero-order valence-electron chi connectivity index (χ0n) is 9.55.